The summed E-state index contributed by atoms with van der Waals surface area (Å²) >= 11 is 2.02. The van der Waals surface area contributed by atoms with Crippen LogP contribution in [-0.2, 0) is 0 Å². The van der Waals surface area contributed by atoms with Gasteiger partial charge in [0.1, 0.15) is 0 Å². The first-order chi connectivity index (χ1) is 9.72. The van der Waals surface area contributed by atoms with Gasteiger partial charge in [0.2, 0.25) is 0 Å². The van der Waals surface area contributed by atoms with E-state index >= 15 is 0 Å². The van der Waals surface area contributed by atoms with Crippen molar-refractivity contribution in [3.63, 3.8) is 0 Å². The monoisotopic (exact) mass is 288 g/mol. The van der Waals surface area contributed by atoms with Crippen LogP contribution in [0.25, 0.3) is 10.9 Å². The molecule has 1 atom stereocenters. The SMILES string of the molecule is CCNC(CSCC(C)C)c1cccc2cccnc12. The zero-order valence-corrected chi connectivity index (χ0v) is 13.4. The van der Waals surface area contributed by atoms with E-state index in [1.165, 1.54) is 16.7 Å². The standard InChI is InChI=1S/C17H24N2S/c1-4-18-16(12-20-11-13(2)3)15-9-5-7-14-8-6-10-19-17(14)15/h5-10,13,16,18H,4,11-12H2,1-3H3. The molecule has 0 aliphatic carbocycles. The first-order valence-electron chi connectivity index (χ1n) is 7.37. The molecule has 0 spiro atoms. The summed E-state index contributed by atoms with van der Waals surface area (Å²) in [6.45, 7) is 7.69. The van der Waals surface area contributed by atoms with Crippen molar-refractivity contribution in [3.8, 4) is 0 Å². The Kier molecular flexibility index (Phi) is 5.86. The van der Waals surface area contributed by atoms with Crippen molar-refractivity contribution in [3.05, 3.63) is 42.1 Å². The Labute approximate surface area is 126 Å². The van der Waals surface area contributed by atoms with Gasteiger partial charge in [-0.15, -0.1) is 0 Å². The number of hydrogen-bond acceptors (Lipinski definition) is 3. The quantitative estimate of drug-likeness (QED) is 0.823. The van der Waals surface area contributed by atoms with E-state index in [-0.39, 0.29) is 0 Å². The maximum atomic E-state index is 4.58. The summed E-state index contributed by atoms with van der Waals surface area (Å²) in [5, 5.41) is 4.83. The fourth-order valence-electron chi connectivity index (χ4n) is 2.34. The van der Waals surface area contributed by atoms with Crippen molar-refractivity contribution in [2.24, 2.45) is 5.92 Å². The number of nitrogens with one attached hydrogen (secondary N) is 1. The number of thioether (sulfide) groups is 1. The van der Waals surface area contributed by atoms with Crippen LogP contribution in [0.15, 0.2) is 36.5 Å². The lowest BCUT2D eigenvalue weighted by atomic mass is 10.0. The Morgan fingerprint density at radius 2 is 1.95 bits per heavy atom. The van der Waals surface area contributed by atoms with Gasteiger partial charge in [-0.2, -0.15) is 11.8 Å². The molecule has 1 N–H and O–H groups in total. The summed E-state index contributed by atoms with van der Waals surface area (Å²) in [7, 11) is 0. The van der Waals surface area contributed by atoms with E-state index < -0.39 is 0 Å². The molecule has 0 fully saturated rings. The Morgan fingerprint density at radius 1 is 1.15 bits per heavy atom. The molecule has 20 heavy (non-hydrogen) atoms. The minimum Gasteiger partial charge on any atom is -0.309 e. The summed E-state index contributed by atoms with van der Waals surface area (Å²) in [5.41, 5.74) is 2.45. The van der Waals surface area contributed by atoms with Crippen molar-refractivity contribution >= 4 is 22.7 Å². The molecular weight excluding hydrogens is 264 g/mol. The van der Waals surface area contributed by atoms with Gasteiger partial charge in [0, 0.05) is 23.4 Å². The average molecular weight is 288 g/mol. The zero-order valence-electron chi connectivity index (χ0n) is 12.6. The molecule has 0 bridgehead atoms. The van der Waals surface area contributed by atoms with Gasteiger partial charge in [0.05, 0.1) is 5.52 Å². The van der Waals surface area contributed by atoms with Crippen molar-refractivity contribution < 1.29 is 0 Å². The Morgan fingerprint density at radius 3 is 2.70 bits per heavy atom. The normalized spacial score (nSPS) is 13.0. The van der Waals surface area contributed by atoms with Crippen LogP contribution in [0.5, 0.6) is 0 Å². The number of benzene rings is 1. The maximum Gasteiger partial charge on any atom is 0.0750 e. The van der Waals surface area contributed by atoms with Crippen LogP contribution >= 0.6 is 11.8 Å². The highest BCUT2D eigenvalue weighted by molar-refractivity contribution is 7.99. The molecule has 2 aromatic rings. The van der Waals surface area contributed by atoms with E-state index in [2.05, 4.69) is 55.3 Å². The molecule has 1 aromatic heterocycles. The Bertz CT molecular complexity index is 534. The molecule has 0 aliphatic heterocycles. The second-order valence-corrected chi connectivity index (χ2v) is 6.54. The van der Waals surface area contributed by atoms with E-state index in [0.717, 1.165) is 23.7 Å². The fourth-order valence-corrected chi connectivity index (χ4v) is 3.48. The first-order valence-corrected chi connectivity index (χ1v) is 8.52. The molecule has 2 rings (SSSR count). The first kappa shape index (κ1) is 15.3. The number of aromatic nitrogens is 1. The van der Waals surface area contributed by atoms with Crippen molar-refractivity contribution in [2.45, 2.75) is 26.8 Å². The Balaban J connectivity index is 2.22. The molecule has 0 radical (unpaired) electrons. The molecule has 0 aliphatic rings. The summed E-state index contributed by atoms with van der Waals surface area (Å²) < 4.78 is 0. The van der Waals surface area contributed by atoms with Gasteiger partial charge in [0.25, 0.3) is 0 Å². The number of nitrogens with zero attached hydrogens (tertiary/aromatic N) is 1. The molecule has 0 amide bonds. The predicted molar refractivity (Wildman–Crippen MR) is 90.3 cm³/mol. The third-order valence-corrected chi connectivity index (χ3v) is 4.70. The van der Waals surface area contributed by atoms with Crippen LogP contribution in [0.2, 0.25) is 0 Å². The van der Waals surface area contributed by atoms with E-state index in [1.807, 2.05) is 24.0 Å². The van der Waals surface area contributed by atoms with Gasteiger partial charge >= 0.3 is 0 Å². The van der Waals surface area contributed by atoms with Crippen LogP contribution in [0.1, 0.15) is 32.4 Å². The smallest absolute Gasteiger partial charge is 0.0750 e. The molecule has 108 valence electrons. The van der Waals surface area contributed by atoms with Gasteiger partial charge in [-0.05, 0) is 29.8 Å². The molecule has 0 saturated heterocycles. The minimum absolute atomic E-state index is 0.377. The van der Waals surface area contributed by atoms with E-state index in [1.54, 1.807) is 0 Å². The van der Waals surface area contributed by atoms with Crippen LogP contribution < -0.4 is 5.32 Å². The van der Waals surface area contributed by atoms with Gasteiger partial charge in [-0.25, -0.2) is 0 Å². The van der Waals surface area contributed by atoms with E-state index in [4.69, 9.17) is 0 Å². The molecule has 1 aromatic carbocycles. The summed E-state index contributed by atoms with van der Waals surface area (Å²) in [5.74, 6) is 3.05. The molecule has 1 unspecified atom stereocenters. The molecule has 2 nitrogen and oxygen atoms in total. The van der Waals surface area contributed by atoms with Crippen molar-refractivity contribution in [2.75, 3.05) is 18.1 Å². The summed E-state index contributed by atoms with van der Waals surface area (Å²) in [6, 6.07) is 11.0. The largest absolute Gasteiger partial charge is 0.309 e. The van der Waals surface area contributed by atoms with Crippen LogP contribution in [0.3, 0.4) is 0 Å². The lowest BCUT2D eigenvalue weighted by Crippen LogP contribution is -2.23. The average Bonchev–Trinajstić information content (AvgIpc) is 2.45. The third kappa shape index (κ3) is 3.97. The van der Waals surface area contributed by atoms with Crippen LogP contribution in [0.4, 0.5) is 0 Å². The summed E-state index contributed by atoms with van der Waals surface area (Å²) in [6.07, 6.45) is 1.89. The number of hydrogen-bond donors (Lipinski definition) is 1. The van der Waals surface area contributed by atoms with Crippen LogP contribution in [-0.4, -0.2) is 23.0 Å². The second kappa shape index (κ2) is 7.65. The highest BCUT2D eigenvalue weighted by atomic mass is 32.2. The van der Waals surface area contributed by atoms with Gasteiger partial charge in [-0.1, -0.05) is 45.0 Å². The van der Waals surface area contributed by atoms with Crippen molar-refractivity contribution in [1.29, 1.82) is 0 Å². The number of pyridine rings is 1. The molecule has 0 saturated carbocycles. The number of para-hydroxylation sites is 1. The van der Waals surface area contributed by atoms with Gasteiger partial charge in [0.15, 0.2) is 0 Å². The zero-order chi connectivity index (χ0) is 14.4. The molecular formula is C17H24N2S. The highest BCUT2D eigenvalue weighted by Crippen LogP contribution is 2.25. The van der Waals surface area contributed by atoms with Gasteiger partial charge < -0.3 is 5.32 Å². The minimum atomic E-state index is 0.377. The maximum absolute atomic E-state index is 4.58. The summed E-state index contributed by atoms with van der Waals surface area (Å²) in [4.78, 5) is 4.58. The lowest BCUT2D eigenvalue weighted by molar-refractivity contribution is 0.608. The predicted octanol–water partition coefficient (Wildman–Crippen LogP) is 4.27. The topological polar surface area (TPSA) is 24.9 Å². The van der Waals surface area contributed by atoms with E-state index in [9.17, 15) is 0 Å². The van der Waals surface area contributed by atoms with Crippen LogP contribution in [0, 0.1) is 5.92 Å². The second-order valence-electron chi connectivity index (χ2n) is 5.46. The third-order valence-electron chi connectivity index (χ3n) is 3.23. The van der Waals surface area contributed by atoms with Gasteiger partial charge in [-0.3, -0.25) is 4.98 Å². The fraction of sp³-hybridized carbons (Fsp3) is 0.471. The Hall–Kier alpha value is -1.06. The number of rotatable bonds is 7. The van der Waals surface area contributed by atoms with Crippen molar-refractivity contribution in [1.82, 2.24) is 10.3 Å². The number of fused-ring (bicyclic) bond motifs is 1. The molecule has 3 heteroatoms. The highest BCUT2D eigenvalue weighted by Gasteiger charge is 2.14. The molecule has 1 heterocycles. The van der Waals surface area contributed by atoms with E-state index in [0.29, 0.717) is 6.04 Å². The lowest BCUT2D eigenvalue weighted by Gasteiger charge is -2.20.